The van der Waals surface area contributed by atoms with Crippen molar-refractivity contribution < 1.29 is 9.53 Å². The topological polar surface area (TPSA) is 77.0 Å². The molecule has 0 bridgehead atoms. The van der Waals surface area contributed by atoms with Gasteiger partial charge in [0, 0.05) is 23.7 Å². The van der Waals surface area contributed by atoms with Gasteiger partial charge < -0.3 is 4.74 Å². The molecule has 20 heavy (non-hydrogen) atoms. The fourth-order valence-electron chi connectivity index (χ4n) is 1.56. The second-order valence-electron chi connectivity index (χ2n) is 4.13. The number of nitrogens with zero attached hydrogens (tertiary/aromatic N) is 3. The Bertz CT molecular complexity index is 661. The van der Waals surface area contributed by atoms with E-state index in [-0.39, 0.29) is 11.5 Å². The largest absolute Gasteiger partial charge is 0.481 e. The van der Waals surface area contributed by atoms with Gasteiger partial charge in [0.05, 0.1) is 17.7 Å². The van der Waals surface area contributed by atoms with Crippen LogP contribution in [0, 0.1) is 13.8 Å². The summed E-state index contributed by atoms with van der Waals surface area (Å²) in [6, 6.07) is 3.28. The molecule has 0 unspecified atom stereocenters. The van der Waals surface area contributed by atoms with Crippen molar-refractivity contribution in [1.82, 2.24) is 15.0 Å². The molecule has 0 saturated heterocycles. The van der Waals surface area contributed by atoms with E-state index in [0.717, 1.165) is 5.69 Å². The predicted molar refractivity (Wildman–Crippen MR) is 75.3 cm³/mol. The number of amides is 1. The van der Waals surface area contributed by atoms with Crippen molar-refractivity contribution in [2.75, 3.05) is 12.4 Å². The third kappa shape index (κ3) is 3.21. The molecule has 7 heteroatoms. The highest BCUT2D eigenvalue weighted by Gasteiger charge is 2.13. The fraction of sp³-hybridized carbons (Fsp3) is 0.231. The van der Waals surface area contributed by atoms with Gasteiger partial charge in [-0.15, -0.1) is 0 Å². The number of methoxy groups -OCH3 is 1. The molecule has 2 rings (SSSR count). The third-order valence-corrected chi connectivity index (χ3v) is 2.81. The number of hydrogen-bond acceptors (Lipinski definition) is 5. The lowest BCUT2D eigenvalue weighted by molar-refractivity contribution is 0.102. The van der Waals surface area contributed by atoms with E-state index in [1.807, 2.05) is 0 Å². The van der Waals surface area contributed by atoms with E-state index in [4.69, 9.17) is 16.3 Å². The van der Waals surface area contributed by atoms with Gasteiger partial charge in [0.2, 0.25) is 11.8 Å². The normalized spacial score (nSPS) is 10.2. The Balaban J connectivity index is 2.25. The molecule has 0 aromatic carbocycles. The number of rotatable bonds is 3. The molecule has 0 saturated carbocycles. The first-order chi connectivity index (χ1) is 9.49. The second kappa shape index (κ2) is 5.83. The minimum absolute atomic E-state index is 0.156. The van der Waals surface area contributed by atoms with Gasteiger partial charge >= 0.3 is 0 Å². The minimum atomic E-state index is -0.421. The van der Waals surface area contributed by atoms with Crippen molar-refractivity contribution in [2.45, 2.75) is 13.8 Å². The van der Waals surface area contributed by atoms with Crippen LogP contribution in [0.25, 0.3) is 0 Å². The van der Waals surface area contributed by atoms with Gasteiger partial charge in [0.15, 0.2) is 0 Å². The van der Waals surface area contributed by atoms with Crippen LogP contribution in [0.15, 0.2) is 18.3 Å². The summed E-state index contributed by atoms with van der Waals surface area (Å²) in [6.45, 7) is 3.57. The van der Waals surface area contributed by atoms with Gasteiger partial charge in [-0.25, -0.2) is 4.98 Å². The van der Waals surface area contributed by atoms with Crippen LogP contribution in [0.2, 0.25) is 5.02 Å². The quantitative estimate of drug-likeness (QED) is 0.940. The predicted octanol–water partition coefficient (Wildman–Crippen LogP) is 2.40. The van der Waals surface area contributed by atoms with Crippen molar-refractivity contribution in [2.24, 2.45) is 0 Å². The summed E-state index contributed by atoms with van der Waals surface area (Å²) in [5.41, 5.74) is 1.68. The Kier molecular flexibility index (Phi) is 4.14. The van der Waals surface area contributed by atoms with Gasteiger partial charge in [-0.2, -0.15) is 4.98 Å². The maximum Gasteiger partial charge on any atom is 0.261 e. The lowest BCUT2D eigenvalue weighted by Crippen LogP contribution is -2.15. The lowest BCUT2D eigenvalue weighted by atomic mass is 10.2. The number of aryl methyl sites for hydroxylation is 2. The lowest BCUT2D eigenvalue weighted by Gasteiger charge is -2.07. The molecule has 2 aromatic heterocycles. The number of hydrogen-bond donors (Lipinski definition) is 1. The van der Waals surface area contributed by atoms with Crippen LogP contribution in [0.3, 0.4) is 0 Å². The Hall–Kier alpha value is -2.21. The summed E-state index contributed by atoms with van der Waals surface area (Å²) in [7, 11) is 1.49. The van der Waals surface area contributed by atoms with E-state index < -0.39 is 5.91 Å². The zero-order valence-electron chi connectivity index (χ0n) is 11.3. The first kappa shape index (κ1) is 14.2. The molecule has 0 spiro atoms. The van der Waals surface area contributed by atoms with Crippen molar-refractivity contribution in [3.05, 3.63) is 40.3 Å². The van der Waals surface area contributed by atoms with Gasteiger partial charge in [-0.05, 0) is 19.9 Å². The first-order valence-electron chi connectivity index (χ1n) is 5.83. The number of nitrogens with one attached hydrogen (secondary N) is 1. The molecule has 0 fully saturated rings. The van der Waals surface area contributed by atoms with Crippen molar-refractivity contribution in [1.29, 1.82) is 0 Å². The molecule has 0 aliphatic heterocycles. The Morgan fingerprint density at radius 1 is 1.25 bits per heavy atom. The Labute approximate surface area is 121 Å². The second-order valence-corrected chi connectivity index (χ2v) is 4.54. The van der Waals surface area contributed by atoms with Crippen LogP contribution in [0.4, 0.5) is 5.95 Å². The summed E-state index contributed by atoms with van der Waals surface area (Å²) >= 11 is 6.01. The van der Waals surface area contributed by atoms with E-state index in [1.54, 1.807) is 26.0 Å². The van der Waals surface area contributed by atoms with Crippen molar-refractivity contribution >= 4 is 23.5 Å². The van der Waals surface area contributed by atoms with E-state index in [9.17, 15) is 4.79 Å². The molecule has 0 radical (unpaired) electrons. The number of carbonyl (C=O) groups excluding carboxylic acids is 1. The molecule has 2 aromatic rings. The zero-order valence-corrected chi connectivity index (χ0v) is 12.0. The van der Waals surface area contributed by atoms with Crippen molar-refractivity contribution in [3.63, 3.8) is 0 Å². The van der Waals surface area contributed by atoms with Crippen LogP contribution in [0.5, 0.6) is 5.88 Å². The van der Waals surface area contributed by atoms with Crippen LogP contribution in [0.1, 0.15) is 21.7 Å². The maximum atomic E-state index is 12.1. The maximum absolute atomic E-state index is 12.1. The molecule has 0 aliphatic carbocycles. The SMILES string of the molecule is COc1cc(C)nc(NC(=O)c2cnc(C)cc2Cl)n1. The monoisotopic (exact) mass is 292 g/mol. The highest BCUT2D eigenvalue weighted by atomic mass is 35.5. The zero-order chi connectivity index (χ0) is 14.7. The number of carbonyl (C=O) groups is 1. The van der Waals surface area contributed by atoms with Gasteiger partial charge in [-0.3, -0.25) is 15.1 Å². The minimum Gasteiger partial charge on any atom is -0.481 e. The molecular weight excluding hydrogens is 280 g/mol. The van der Waals surface area contributed by atoms with Crippen LogP contribution in [-0.2, 0) is 0 Å². The van der Waals surface area contributed by atoms with Gasteiger partial charge in [0.25, 0.3) is 5.91 Å². The molecule has 0 atom stereocenters. The highest BCUT2D eigenvalue weighted by molar-refractivity contribution is 6.34. The molecule has 2 heterocycles. The van der Waals surface area contributed by atoms with Crippen molar-refractivity contribution in [3.8, 4) is 5.88 Å². The standard InChI is InChI=1S/C13H13ClN4O2/c1-7-4-10(14)9(6-15-7)12(19)18-13-16-8(2)5-11(17-13)20-3/h4-6H,1-3H3,(H,16,17,18,19). The molecular formula is C13H13ClN4O2. The number of anilines is 1. The number of halogens is 1. The number of pyridine rings is 1. The van der Waals surface area contributed by atoms with E-state index >= 15 is 0 Å². The average Bonchev–Trinajstić information content (AvgIpc) is 2.37. The smallest absolute Gasteiger partial charge is 0.261 e. The molecule has 104 valence electrons. The van der Waals surface area contributed by atoms with Gasteiger partial charge in [-0.1, -0.05) is 11.6 Å². The Morgan fingerprint density at radius 2 is 2.00 bits per heavy atom. The van der Waals surface area contributed by atoms with E-state index in [0.29, 0.717) is 16.6 Å². The van der Waals surface area contributed by atoms with E-state index in [2.05, 4.69) is 20.3 Å². The third-order valence-electron chi connectivity index (χ3n) is 2.50. The summed E-state index contributed by atoms with van der Waals surface area (Å²) < 4.78 is 5.02. The first-order valence-corrected chi connectivity index (χ1v) is 6.20. The highest BCUT2D eigenvalue weighted by Crippen LogP contribution is 2.17. The van der Waals surface area contributed by atoms with Crippen LogP contribution < -0.4 is 10.1 Å². The van der Waals surface area contributed by atoms with E-state index in [1.165, 1.54) is 13.3 Å². The van der Waals surface area contributed by atoms with Crippen LogP contribution in [-0.4, -0.2) is 28.0 Å². The van der Waals surface area contributed by atoms with Crippen LogP contribution >= 0.6 is 11.6 Å². The fourth-order valence-corrected chi connectivity index (χ4v) is 1.86. The average molecular weight is 293 g/mol. The molecule has 6 nitrogen and oxygen atoms in total. The number of aromatic nitrogens is 3. The Morgan fingerprint density at radius 3 is 2.65 bits per heavy atom. The van der Waals surface area contributed by atoms with Gasteiger partial charge in [0.1, 0.15) is 0 Å². The number of ether oxygens (including phenoxy) is 1. The molecule has 0 aliphatic rings. The summed E-state index contributed by atoms with van der Waals surface area (Å²) in [5, 5.41) is 2.90. The molecule has 1 N–H and O–H groups in total. The molecule has 1 amide bonds. The summed E-state index contributed by atoms with van der Waals surface area (Å²) in [5.74, 6) is 0.111. The summed E-state index contributed by atoms with van der Waals surface area (Å²) in [4.78, 5) is 24.3. The summed E-state index contributed by atoms with van der Waals surface area (Å²) in [6.07, 6.45) is 1.42.